The van der Waals surface area contributed by atoms with E-state index in [0.29, 0.717) is 6.54 Å². The topological polar surface area (TPSA) is 44.8 Å². The average molecular weight is 333 g/mol. The Morgan fingerprint density at radius 2 is 1.83 bits per heavy atom. The molecule has 0 spiro atoms. The fourth-order valence-electron chi connectivity index (χ4n) is 2.83. The molecule has 1 saturated heterocycles. The van der Waals surface area contributed by atoms with E-state index in [1.807, 2.05) is 29.2 Å². The van der Waals surface area contributed by atoms with Crippen LogP contribution in [0.1, 0.15) is 25.8 Å². The van der Waals surface area contributed by atoms with Crippen LogP contribution in [0.25, 0.3) is 0 Å². The Kier molecular flexibility index (Phi) is 7.37. The van der Waals surface area contributed by atoms with Gasteiger partial charge in [-0.2, -0.15) is 0 Å². The summed E-state index contributed by atoms with van der Waals surface area (Å²) in [5.41, 5.74) is 1.20. The zero-order chi connectivity index (χ0) is 17.4. The molecule has 2 amide bonds. The van der Waals surface area contributed by atoms with Gasteiger partial charge >= 0.3 is 6.03 Å². The van der Waals surface area contributed by atoms with Gasteiger partial charge in [-0.05, 0) is 43.0 Å². The third-order valence-corrected chi connectivity index (χ3v) is 4.53. The van der Waals surface area contributed by atoms with E-state index in [9.17, 15) is 4.79 Å². The second kappa shape index (κ2) is 9.52. The standard InChI is InChI=1S/C19H31N3O2/c1-16(2)9-11-21-12-14-22(15-13-21)19(23)20-10-8-17-4-6-18(24-3)7-5-17/h4-7,16H,8-15H2,1-3H3,(H,20,23). The van der Waals surface area contributed by atoms with Crippen molar-refractivity contribution in [3.05, 3.63) is 29.8 Å². The quantitative estimate of drug-likeness (QED) is 0.834. The van der Waals surface area contributed by atoms with Crippen LogP contribution in [0.5, 0.6) is 5.75 Å². The van der Waals surface area contributed by atoms with E-state index < -0.39 is 0 Å². The van der Waals surface area contributed by atoms with E-state index >= 15 is 0 Å². The predicted molar refractivity (Wildman–Crippen MR) is 97.6 cm³/mol. The minimum atomic E-state index is 0.0621. The summed E-state index contributed by atoms with van der Waals surface area (Å²) in [6.45, 7) is 9.94. The van der Waals surface area contributed by atoms with Gasteiger partial charge in [-0.15, -0.1) is 0 Å². The molecule has 1 aromatic rings. The fourth-order valence-corrected chi connectivity index (χ4v) is 2.83. The molecule has 5 nitrogen and oxygen atoms in total. The molecule has 0 bridgehead atoms. The first-order valence-electron chi connectivity index (χ1n) is 8.96. The first-order valence-corrected chi connectivity index (χ1v) is 8.96. The van der Waals surface area contributed by atoms with Crippen molar-refractivity contribution >= 4 is 6.03 Å². The summed E-state index contributed by atoms with van der Waals surface area (Å²) >= 11 is 0. The number of nitrogens with zero attached hydrogens (tertiary/aromatic N) is 2. The van der Waals surface area contributed by atoms with E-state index in [2.05, 4.69) is 24.1 Å². The van der Waals surface area contributed by atoms with Crippen molar-refractivity contribution in [3.8, 4) is 5.75 Å². The lowest BCUT2D eigenvalue weighted by Gasteiger charge is -2.35. The Morgan fingerprint density at radius 1 is 1.17 bits per heavy atom. The number of nitrogens with one attached hydrogen (secondary N) is 1. The van der Waals surface area contributed by atoms with Crippen LogP contribution in [0.15, 0.2) is 24.3 Å². The number of urea groups is 1. The van der Waals surface area contributed by atoms with Crippen molar-refractivity contribution in [2.24, 2.45) is 5.92 Å². The van der Waals surface area contributed by atoms with E-state index in [1.165, 1.54) is 12.0 Å². The zero-order valence-electron chi connectivity index (χ0n) is 15.3. The van der Waals surface area contributed by atoms with Crippen LogP contribution in [0, 0.1) is 5.92 Å². The van der Waals surface area contributed by atoms with Crippen LogP contribution in [-0.2, 0) is 6.42 Å². The van der Waals surface area contributed by atoms with Crippen LogP contribution >= 0.6 is 0 Å². The monoisotopic (exact) mass is 333 g/mol. The van der Waals surface area contributed by atoms with Gasteiger partial charge in [0, 0.05) is 32.7 Å². The normalized spacial score (nSPS) is 15.6. The van der Waals surface area contributed by atoms with Crippen LogP contribution in [0.3, 0.4) is 0 Å². The van der Waals surface area contributed by atoms with Crippen molar-refractivity contribution < 1.29 is 9.53 Å². The van der Waals surface area contributed by atoms with Gasteiger partial charge in [-0.3, -0.25) is 4.90 Å². The molecular formula is C19H31N3O2. The van der Waals surface area contributed by atoms with E-state index in [1.54, 1.807) is 7.11 Å². The molecule has 5 heteroatoms. The van der Waals surface area contributed by atoms with E-state index in [4.69, 9.17) is 4.74 Å². The minimum absolute atomic E-state index is 0.0621. The second-order valence-electron chi connectivity index (χ2n) is 6.84. The van der Waals surface area contributed by atoms with E-state index in [-0.39, 0.29) is 6.03 Å². The van der Waals surface area contributed by atoms with Crippen molar-refractivity contribution in [2.75, 3.05) is 46.4 Å². The number of amides is 2. The van der Waals surface area contributed by atoms with Crippen molar-refractivity contribution in [3.63, 3.8) is 0 Å². The maximum atomic E-state index is 12.2. The number of carbonyl (C=O) groups excluding carboxylic acids is 1. The Balaban J connectivity index is 1.64. The SMILES string of the molecule is COc1ccc(CCNC(=O)N2CCN(CCC(C)C)CC2)cc1. The molecule has 134 valence electrons. The summed E-state index contributed by atoms with van der Waals surface area (Å²) in [4.78, 5) is 16.6. The Morgan fingerprint density at radius 3 is 2.42 bits per heavy atom. The maximum absolute atomic E-state index is 12.2. The average Bonchev–Trinajstić information content (AvgIpc) is 2.61. The molecule has 0 atom stereocenters. The summed E-state index contributed by atoms with van der Waals surface area (Å²) in [5.74, 6) is 1.60. The number of hydrogen-bond donors (Lipinski definition) is 1. The molecule has 2 rings (SSSR count). The maximum Gasteiger partial charge on any atom is 0.317 e. The smallest absolute Gasteiger partial charge is 0.317 e. The number of benzene rings is 1. The second-order valence-corrected chi connectivity index (χ2v) is 6.84. The highest BCUT2D eigenvalue weighted by molar-refractivity contribution is 5.74. The van der Waals surface area contributed by atoms with Crippen molar-refractivity contribution in [1.29, 1.82) is 0 Å². The molecular weight excluding hydrogens is 302 g/mol. The van der Waals surface area contributed by atoms with Crippen LogP contribution in [-0.4, -0.2) is 62.2 Å². The third-order valence-electron chi connectivity index (χ3n) is 4.53. The highest BCUT2D eigenvalue weighted by atomic mass is 16.5. The number of rotatable bonds is 7. The molecule has 24 heavy (non-hydrogen) atoms. The van der Waals surface area contributed by atoms with Crippen molar-refractivity contribution in [1.82, 2.24) is 15.1 Å². The Bertz CT molecular complexity index is 494. The number of hydrogen-bond acceptors (Lipinski definition) is 3. The summed E-state index contributed by atoms with van der Waals surface area (Å²) in [6.07, 6.45) is 2.07. The first kappa shape index (κ1) is 18.6. The van der Waals surface area contributed by atoms with Crippen LogP contribution in [0.2, 0.25) is 0 Å². The summed E-state index contributed by atoms with van der Waals surface area (Å²) in [6, 6.07) is 8.05. The summed E-state index contributed by atoms with van der Waals surface area (Å²) in [7, 11) is 1.66. The number of ether oxygens (including phenoxy) is 1. The molecule has 0 aliphatic carbocycles. The van der Waals surface area contributed by atoms with Crippen LogP contribution in [0.4, 0.5) is 4.79 Å². The molecule has 0 unspecified atom stereocenters. The summed E-state index contributed by atoms with van der Waals surface area (Å²) in [5, 5.41) is 3.03. The molecule has 1 aromatic carbocycles. The number of methoxy groups -OCH3 is 1. The molecule has 0 saturated carbocycles. The number of carbonyl (C=O) groups is 1. The van der Waals surface area contributed by atoms with Gasteiger partial charge in [0.2, 0.25) is 0 Å². The predicted octanol–water partition coefficient (Wildman–Crippen LogP) is 2.61. The molecule has 0 radical (unpaired) electrons. The first-order chi connectivity index (χ1) is 11.6. The lowest BCUT2D eigenvalue weighted by molar-refractivity contribution is 0.136. The molecule has 0 aromatic heterocycles. The van der Waals surface area contributed by atoms with Gasteiger partial charge in [0.05, 0.1) is 7.11 Å². The highest BCUT2D eigenvalue weighted by Gasteiger charge is 2.20. The largest absolute Gasteiger partial charge is 0.497 e. The summed E-state index contributed by atoms with van der Waals surface area (Å²) < 4.78 is 5.15. The van der Waals surface area contributed by atoms with Gasteiger partial charge in [-0.25, -0.2) is 4.79 Å². The zero-order valence-corrected chi connectivity index (χ0v) is 15.3. The minimum Gasteiger partial charge on any atom is -0.497 e. The third kappa shape index (κ3) is 6.04. The van der Waals surface area contributed by atoms with Gasteiger partial charge < -0.3 is 15.0 Å². The van der Waals surface area contributed by atoms with Gasteiger partial charge in [0.15, 0.2) is 0 Å². The van der Waals surface area contributed by atoms with Crippen LogP contribution < -0.4 is 10.1 Å². The molecule has 1 fully saturated rings. The lowest BCUT2D eigenvalue weighted by Crippen LogP contribution is -2.52. The van der Waals surface area contributed by atoms with Crippen molar-refractivity contribution in [2.45, 2.75) is 26.7 Å². The van der Waals surface area contributed by atoms with Gasteiger partial charge in [0.1, 0.15) is 5.75 Å². The molecule has 1 heterocycles. The Labute approximate surface area is 146 Å². The highest BCUT2D eigenvalue weighted by Crippen LogP contribution is 2.11. The van der Waals surface area contributed by atoms with Gasteiger partial charge in [0.25, 0.3) is 0 Å². The lowest BCUT2D eigenvalue weighted by atomic mass is 10.1. The molecule has 1 aliphatic heterocycles. The van der Waals surface area contributed by atoms with Gasteiger partial charge in [-0.1, -0.05) is 26.0 Å². The van der Waals surface area contributed by atoms with E-state index in [0.717, 1.165) is 50.8 Å². The molecule has 1 N–H and O–H groups in total. The molecule has 1 aliphatic rings. The number of piperazine rings is 1. The fraction of sp³-hybridized carbons (Fsp3) is 0.632. The Hall–Kier alpha value is -1.75.